The minimum Gasteiger partial charge on any atom is -0.343 e. The van der Waals surface area contributed by atoms with Gasteiger partial charge in [-0.05, 0) is 82.4 Å². The van der Waals surface area contributed by atoms with E-state index in [1.165, 1.54) is 22.4 Å². The fourth-order valence-corrected chi connectivity index (χ4v) is 6.08. The van der Waals surface area contributed by atoms with Crippen molar-refractivity contribution >= 4 is 49.4 Å². The second-order valence-corrected chi connectivity index (χ2v) is 9.69. The Balaban J connectivity index is 1.80. The molecule has 2 aromatic rings. The SMILES string of the molecule is CC(=O)N1CCC([C@@H]2c3ncc(Br)cc3CCc3cc(Cl)cc(Br)c32)CC1. The highest BCUT2D eigenvalue weighted by Crippen LogP contribution is 2.46. The molecule has 1 aromatic carbocycles. The van der Waals surface area contributed by atoms with Crippen molar-refractivity contribution in [3.63, 3.8) is 0 Å². The maximum absolute atomic E-state index is 11.7. The summed E-state index contributed by atoms with van der Waals surface area (Å²) in [4.78, 5) is 18.6. The van der Waals surface area contributed by atoms with Crippen LogP contribution in [0, 0.1) is 5.92 Å². The lowest BCUT2D eigenvalue weighted by atomic mass is 9.76. The van der Waals surface area contributed by atoms with Crippen molar-refractivity contribution in [2.75, 3.05) is 13.1 Å². The Hall–Kier alpha value is -0.910. The molecule has 0 bridgehead atoms. The number of carbonyl (C=O) groups excluding carboxylic acids is 1. The molecule has 1 aliphatic carbocycles. The van der Waals surface area contributed by atoms with Gasteiger partial charge in [0.25, 0.3) is 0 Å². The molecule has 3 nitrogen and oxygen atoms in total. The predicted molar refractivity (Wildman–Crippen MR) is 115 cm³/mol. The summed E-state index contributed by atoms with van der Waals surface area (Å²) >= 11 is 13.7. The fraction of sp³-hybridized carbons (Fsp3) is 0.429. The van der Waals surface area contributed by atoms with Crippen LogP contribution in [0.3, 0.4) is 0 Å². The second-order valence-electron chi connectivity index (χ2n) is 7.48. The number of halogens is 3. The summed E-state index contributed by atoms with van der Waals surface area (Å²) in [6.07, 6.45) is 5.82. The summed E-state index contributed by atoms with van der Waals surface area (Å²) in [5.41, 5.74) is 5.13. The van der Waals surface area contributed by atoms with Gasteiger partial charge >= 0.3 is 0 Å². The van der Waals surface area contributed by atoms with Gasteiger partial charge < -0.3 is 4.90 Å². The van der Waals surface area contributed by atoms with Crippen LogP contribution in [0.5, 0.6) is 0 Å². The average Bonchev–Trinajstić information content (AvgIpc) is 2.78. The summed E-state index contributed by atoms with van der Waals surface area (Å²) in [5.74, 6) is 0.860. The molecule has 1 saturated heterocycles. The maximum Gasteiger partial charge on any atom is 0.219 e. The van der Waals surface area contributed by atoms with Gasteiger partial charge in [-0.25, -0.2) is 0 Å². The topological polar surface area (TPSA) is 33.2 Å². The summed E-state index contributed by atoms with van der Waals surface area (Å²) in [7, 11) is 0. The lowest BCUT2D eigenvalue weighted by Gasteiger charge is -2.36. The van der Waals surface area contributed by atoms with Gasteiger partial charge in [0, 0.05) is 46.1 Å². The molecular formula is C21H21Br2ClN2O. The van der Waals surface area contributed by atoms with Crippen molar-refractivity contribution in [1.29, 1.82) is 0 Å². The Labute approximate surface area is 181 Å². The zero-order chi connectivity index (χ0) is 19.1. The zero-order valence-corrected chi connectivity index (χ0v) is 19.1. The number of aromatic nitrogens is 1. The van der Waals surface area contributed by atoms with Crippen molar-refractivity contribution in [3.05, 3.63) is 60.7 Å². The van der Waals surface area contributed by atoms with Gasteiger partial charge in [-0.2, -0.15) is 0 Å². The van der Waals surface area contributed by atoms with E-state index in [9.17, 15) is 4.79 Å². The quantitative estimate of drug-likeness (QED) is 0.488. The summed E-state index contributed by atoms with van der Waals surface area (Å²) in [6, 6.07) is 6.32. The van der Waals surface area contributed by atoms with E-state index in [1.807, 2.05) is 17.2 Å². The number of aryl methyl sites for hydroxylation is 2. The van der Waals surface area contributed by atoms with E-state index < -0.39 is 0 Å². The molecule has 1 atom stereocenters. The number of amides is 1. The van der Waals surface area contributed by atoms with E-state index >= 15 is 0 Å². The van der Waals surface area contributed by atoms with Crippen LogP contribution < -0.4 is 0 Å². The van der Waals surface area contributed by atoms with Crippen LogP contribution in [0.1, 0.15) is 48.1 Å². The summed E-state index contributed by atoms with van der Waals surface area (Å²) in [6.45, 7) is 3.31. The van der Waals surface area contributed by atoms with E-state index in [2.05, 4.69) is 44.0 Å². The molecule has 0 spiro atoms. The summed E-state index contributed by atoms with van der Waals surface area (Å²) in [5, 5.41) is 0.769. The van der Waals surface area contributed by atoms with Crippen molar-refractivity contribution in [3.8, 4) is 0 Å². The fourth-order valence-electron chi connectivity index (χ4n) is 4.58. The van der Waals surface area contributed by atoms with E-state index in [4.69, 9.17) is 16.6 Å². The predicted octanol–water partition coefficient (Wildman–Crippen LogP) is 5.75. The second kappa shape index (κ2) is 7.84. The number of pyridine rings is 1. The normalized spacial score (nSPS) is 20.0. The Morgan fingerprint density at radius 3 is 2.56 bits per heavy atom. The Kier molecular flexibility index (Phi) is 5.64. The van der Waals surface area contributed by atoms with Crippen molar-refractivity contribution < 1.29 is 4.79 Å². The number of nitrogens with zero attached hydrogens (tertiary/aromatic N) is 2. The molecule has 142 valence electrons. The number of likely N-dealkylation sites (tertiary alicyclic amines) is 1. The molecule has 4 rings (SSSR count). The van der Waals surface area contributed by atoms with Crippen molar-refractivity contribution in [2.45, 2.75) is 38.5 Å². The number of rotatable bonds is 1. The maximum atomic E-state index is 11.7. The van der Waals surface area contributed by atoms with Crippen LogP contribution >= 0.6 is 43.5 Å². The number of benzene rings is 1. The van der Waals surface area contributed by atoms with Crippen LogP contribution in [-0.2, 0) is 17.6 Å². The largest absolute Gasteiger partial charge is 0.343 e. The van der Waals surface area contributed by atoms with Crippen molar-refractivity contribution in [1.82, 2.24) is 9.88 Å². The summed E-state index contributed by atoms with van der Waals surface area (Å²) < 4.78 is 2.09. The first kappa shape index (κ1) is 19.4. The molecule has 1 aromatic heterocycles. The first-order valence-electron chi connectivity index (χ1n) is 9.31. The number of hydrogen-bond acceptors (Lipinski definition) is 2. The molecule has 27 heavy (non-hydrogen) atoms. The molecule has 2 aliphatic rings. The number of fused-ring (bicyclic) bond motifs is 2. The van der Waals surface area contributed by atoms with Crippen LogP contribution in [0.15, 0.2) is 33.3 Å². The first-order valence-corrected chi connectivity index (χ1v) is 11.3. The lowest BCUT2D eigenvalue weighted by Crippen LogP contribution is -2.39. The van der Waals surface area contributed by atoms with Gasteiger partial charge in [0.05, 0.1) is 5.69 Å². The molecule has 0 saturated carbocycles. The molecule has 1 amide bonds. The number of hydrogen-bond donors (Lipinski definition) is 0. The molecule has 1 aliphatic heterocycles. The van der Waals surface area contributed by atoms with Crippen LogP contribution in [-0.4, -0.2) is 28.9 Å². The molecule has 0 unspecified atom stereocenters. The van der Waals surface area contributed by atoms with Gasteiger partial charge in [-0.1, -0.05) is 27.5 Å². The van der Waals surface area contributed by atoms with E-state index in [0.29, 0.717) is 5.92 Å². The van der Waals surface area contributed by atoms with E-state index in [-0.39, 0.29) is 11.8 Å². The number of piperidine rings is 1. The van der Waals surface area contributed by atoms with E-state index in [0.717, 1.165) is 52.7 Å². The van der Waals surface area contributed by atoms with Crippen LogP contribution in [0.25, 0.3) is 0 Å². The van der Waals surface area contributed by atoms with Gasteiger partial charge in [-0.3, -0.25) is 9.78 Å². The molecule has 0 radical (unpaired) electrons. The first-order chi connectivity index (χ1) is 12.9. The highest BCUT2D eigenvalue weighted by Gasteiger charge is 2.35. The van der Waals surface area contributed by atoms with Crippen LogP contribution in [0.2, 0.25) is 5.02 Å². The molecule has 0 N–H and O–H groups in total. The lowest BCUT2D eigenvalue weighted by molar-refractivity contribution is -0.130. The van der Waals surface area contributed by atoms with Gasteiger partial charge in [0.1, 0.15) is 0 Å². The van der Waals surface area contributed by atoms with Crippen LogP contribution in [0.4, 0.5) is 0 Å². The van der Waals surface area contributed by atoms with Crippen molar-refractivity contribution in [2.24, 2.45) is 5.92 Å². The smallest absolute Gasteiger partial charge is 0.219 e. The third-order valence-electron chi connectivity index (χ3n) is 5.87. The number of carbonyl (C=O) groups is 1. The molecule has 2 heterocycles. The minimum atomic E-state index is 0.171. The van der Waals surface area contributed by atoms with E-state index in [1.54, 1.807) is 6.92 Å². The third-order valence-corrected chi connectivity index (χ3v) is 7.18. The van der Waals surface area contributed by atoms with Gasteiger partial charge in [-0.15, -0.1) is 0 Å². The minimum absolute atomic E-state index is 0.171. The Bertz CT molecular complexity index is 894. The third kappa shape index (κ3) is 3.83. The van der Waals surface area contributed by atoms with Gasteiger partial charge in [0.2, 0.25) is 5.91 Å². The van der Waals surface area contributed by atoms with Gasteiger partial charge in [0.15, 0.2) is 0 Å². The Morgan fingerprint density at radius 1 is 1.15 bits per heavy atom. The highest BCUT2D eigenvalue weighted by molar-refractivity contribution is 9.10. The molecule has 1 fully saturated rings. The molecule has 6 heteroatoms. The monoisotopic (exact) mass is 510 g/mol. The highest BCUT2D eigenvalue weighted by atomic mass is 79.9. The average molecular weight is 513 g/mol. The Morgan fingerprint density at radius 2 is 1.85 bits per heavy atom. The standard InChI is InChI=1S/C21H21Br2ClN2O/c1-12(27)26-6-4-13(5-7-26)20-19-14(9-17(24)10-18(19)23)2-3-15-8-16(22)11-25-21(15)20/h8-11,13,20H,2-7H2,1H3/t20-/m0/s1. The molecular weight excluding hydrogens is 492 g/mol. The zero-order valence-electron chi connectivity index (χ0n) is 15.1.